The summed E-state index contributed by atoms with van der Waals surface area (Å²) >= 11 is 0. The van der Waals surface area contributed by atoms with Gasteiger partial charge in [0.2, 0.25) is 0 Å². The van der Waals surface area contributed by atoms with E-state index in [4.69, 9.17) is 0 Å². The molecule has 0 nitrogen and oxygen atoms in total. The Bertz CT molecular complexity index is 61.7. The van der Waals surface area contributed by atoms with Crippen molar-refractivity contribution in [1.29, 1.82) is 0 Å². The third-order valence-electron chi connectivity index (χ3n) is 0. The van der Waals surface area contributed by atoms with Crippen LogP contribution in [0.4, 0.5) is 0 Å². The molecular formula is C13H28Y2-4. The van der Waals surface area contributed by atoms with Gasteiger partial charge in [-0.25, -0.2) is 0 Å². The molecule has 2 heteroatoms. The van der Waals surface area contributed by atoms with Crippen molar-refractivity contribution in [1.82, 2.24) is 0 Å². The van der Waals surface area contributed by atoms with Crippen molar-refractivity contribution in [3.63, 3.8) is 0 Å². The maximum absolute atomic E-state index is 3.77. The second kappa shape index (κ2) is 16.2. The van der Waals surface area contributed by atoms with Crippen LogP contribution in [0, 0.1) is 38.5 Å². The molecule has 0 aliphatic rings. The summed E-state index contributed by atoms with van der Waals surface area (Å²) < 4.78 is 0. The van der Waals surface area contributed by atoms with Crippen LogP contribution in [0.1, 0.15) is 48.0 Å². The van der Waals surface area contributed by atoms with Gasteiger partial charge in [0.15, 0.2) is 0 Å². The third-order valence-corrected chi connectivity index (χ3v) is 0. The topological polar surface area (TPSA) is 0 Å². The van der Waals surface area contributed by atoms with Crippen LogP contribution < -0.4 is 0 Å². The molecule has 0 saturated heterocycles. The molecule has 0 aromatic rings. The first-order valence-electron chi connectivity index (χ1n) is 4.71. The van der Waals surface area contributed by atoms with E-state index in [1.807, 2.05) is 0 Å². The Labute approximate surface area is 150 Å². The summed E-state index contributed by atoms with van der Waals surface area (Å²) in [5.74, 6) is 0. The molecule has 90 valence electrons. The van der Waals surface area contributed by atoms with Gasteiger partial charge in [0.1, 0.15) is 0 Å². The number of rotatable bonds is 0. The zero-order valence-corrected chi connectivity index (χ0v) is 17.4. The van der Waals surface area contributed by atoms with Crippen molar-refractivity contribution >= 4 is 0 Å². The average Bonchev–Trinajstić information content (AvgIpc) is 1.52. The van der Waals surface area contributed by atoms with Crippen LogP contribution >= 0.6 is 0 Å². The second-order valence-corrected chi connectivity index (χ2v) is 5.47. The van der Waals surface area contributed by atoms with E-state index in [-0.39, 0.29) is 76.2 Å². The summed E-state index contributed by atoms with van der Waals surface area (Å²) in [4.78, 5) is 0. The van der Waals surface area contributed by atoms with E-state index in [1.165, 1.54) is 0 Å². The first-order valence-corrected chi connectivity index (χ1v) is 4.71. The minimum absolute atomic E-state index is 0. The molecule has 0 rings (SSSR count). The van der Waals surface area contributed by atoms with Crippen LogP contribution in [0.2, 0.25) is 0 Å². The summed E-state index contributed by atoms with van der Waals surface area (Å²) in [6.07, 6.45) is 0.750. The normalized spacial score (nSPS) is 9.20. The van der Waals surface area contributed by atoms with Crippen molar-refractivity contribution in [3.05, 3.63) is 27.7 Å². The van der Waals surface area contributed by atoms with Gasteiger partial charge in [-0.05, 0) is 0 Å². The molecule has 0 aliphatic heterocycles. The Morgan fingerprint density at radius 3 is 0.667 bits per heavy atom. The Morgan fingerprint density at radius 1 is 0.667 bits per heavy atom. The maximum atomic E-state index is 3.77. The van der Waals surface area contributed by atoms with Gasteiger partial charge in [-0.3, -0.25) is 0 Å². The summed E-state index contributed by atoms with van der Waals surface area (Å²) in [6.45, 7) is 26.8. The Kier molecular flexibility index (Phi) is 32.8. The largest absolute Gasteiger partial charge is 0.372 e. The smallest absolute Gasteiger partial charge is 0 e. The van der Waals surface area contributed by atoms with Crippen LogP contribution in [-0.2, 0) is 65.4 Å². The first-order chi connectivity index (χ1) is 5.41. The molecule has 0 bridgehead atoms. The monoisotopic (exact) mass is 362 g/mol. The fourth-order valence-corrected chi connectivity index (χ4v) is 0. The SMILES string of the molecule is [CH2-]C(C)(C)C.[CH2-]C(C)(C)C.[CH2-]C[CH2-].[Y].[Y]. The summed E-state index contributed by atoms with van der Waals surface area (Å²) in [5.41, 5.74) is 0.500. The maximum Gasteiger partial charge on any atom is 0 e. The number of hydrogen-bond acceptors (Lipinski definition) is 0. The predicted octanol–water partition coefficient (Wildman–Crippen LogP) is 4.77. The molecule has 15 heavy (non-hydrogen) atoms. The fourth-order valence-electron chi connectivity index (χ4n) is 0. The van der Waals surface area contributed by atoms with E-state index < -0.39 is 0 Å². The molecule has 0 aromatic carbocycles. The van der Waals surface area contributed by atoms with E-state index in [0.717, 1.165) is 6.42 Å². The van der Waals surface area contributed by atoms with Crippen molar-refractivity contribution < 1.29 is 65.4 Å². The first kappa shape index (κ1) is 30.3. The minimum atomic E-state index is 0. The molecule has 0 saturated carbocycles. The zero-order valence-electron chi connectivity index (χ0n) is 11.7. The average molecular weight is 362 g/mol. The van der Waals surface area contributed by atoms with E-state index in [9.17, 15) is 0 Å². The van der Waals surface area contributed by atoms with E-state index in [0.29, 0.717) is 0 Å². The summed E-state index contributed by atoms with van der Waals surface area (Å²) in [6, 6.07) is 0. The Balaban J connectivity index is -0.0000000322. The molecule has 0 atom stereocenters. The number of hydrogen-bond donors (Lipinski definition) is 0. The molecule has 0 N–H and O–H groups in total. The molecule has 2 radical (unpaired) electrons. The van der Waals surface area contributed by atoms with E-state index >= 15 is 0 Å². The predicted molar refractivity (Wildman–Crippen MR) is 65.0 cm³/mol. The summed E-state index contributed by atoms with van der Waals surface area (Å²) in [7, 11) is 0. The molecule has 0 aliphatic carbocycles. The van der Waals surface area contributed by atoms with Gasteiger partial charge in [0, 0.05) is 65.4 Å². The fraction of sp³-hybridized carbons (Fsp3) is 0.692. The molecule has 0 amide bonds. The molecule has 0 fully saturated rings. The van der Waals surface area contributed by atoms with Crippen molar-refractivity contribution in [2.75, 3.05) is 0 Å². The van der Waals surface area contributed by atoms with E-state index in [2.05, 4.69) is 69.2 Å². The van der Waals surface area contributed by atoms with Gasteiger partial charge in [-0.15, -0.1) is 0 Å². The molecule has 0 heterocycles. The van der Waals surface area contributed by atoms with Gasteiger partial charge in [0.25, 0.3) is 0 Å². The Hall–Kier alpha value is 2.21. The van der Waals surface area contributed by atoms with Crippen LogP contribution in [0.15, 0.2) is 0 Å². The van der Waals surface area contributed by atoms with Gasteiger partial charge < -0.3 is 34.1 Å². The Morgan fingerprint density at radius 2 is 0.667 bits per heavy atom. The van der Waals surface area contributed by atoms with Crippen LogP contribution in [0.5, 0.6) is 0 Å². The zero-order chi connectivity index (χ0) is 11.7. The standard InChI is InChI=1S/2C5H11.C3H6.2Y/c2*1-5(2,3)4;1-3-2;;/h2*1H2,2-4H3;1-3H2;;/q2*-1;-2;;. The second-order valence-electron chi connectivity index (χ2n) is 5.47. The van der Waals surface area contributed by atoms with Gasteiger partial charge in [0.05, 0.1) is 0 Å². The third kappa shape index (κ3) is 671. The molecule has 0 spiro atoms. The molecular weight excluding hydrogens is 334 g/mol. The quantitative estimate of drug-likeness (QED) is 0.545. The van der Waals surface area contributed by atoms with Gasteiger partial charge in [-0.2, -0.15) is 10.8 Å². The van der Waals surface area contributed by atoms with Crippen molar-refractivity contribution in [2.24, 2.45) is 10.8 Å². The van der Waals surface area contributed by atoms with Crippen molar-refractivity contribution in [3.8, 4) is 0 Å². The van der Waals surface area contributed by atoms with Gasteiger partial charge in [-0.1, -0.05) is 41.5 Å². The minimum Gasteiger partial charge on any atom is -0.372 e. The van der Waals surface area contributed by atoms with E-state index in [1.54, 1.807) is 0 Å². The molecule has 0 unspecified atom stereocenters. The van der Waals surface area contributed by atoms with Crippen LogP contribution in [0.25, 0.3) is 0 Å². The van der Waals surface area contributed by atoms with Crippen molar-refractivity contribution in [2.45, 2.75) is 48.0 Å². The van der Waals surface area contributed by atoms with Gasteiger partial charge >= 0.3 is 0 Å². The summed E-state index contributed by atoms with van der Waals surface area (Å²) in [5, 5.41) is 0. The molecule has 0 aromatic heterocycles. The van der Waals surface area contributed by atoms with Crippen LogP contribution in [-0.4, -0.2) is 0 Å². The van der Waals surface area contributed by atoms with Crippen LogP contribution in [0.3, 0.4) is 0 Å².